The normalized spacial score (nSPS) is 11.8. The van der Waals surface area contributed by atoms with Crippen molar-refractivity contribution < 1.29 is 22.3 Å². The highest BCUT2D eigenvalue weighted by Crippen LogP contribution is 2.39. The van der Waals surface area contributed by atoms with Crippen molar-refractivity contribution in [3.05, 3.63) is 34.3 Å². The largest absolute Gasteiger partial charge is 0.679 e. The summed E-state index contributed by atoms with van der Waals surface area (Å²) in [6.07, 6.45) is -4.59. The molecule has 0 saturated heterocycles. The summed E-state index contributed by atoms with van der Waals surface area (Å²) in [5.41, 5.74) is 0.329. The molecule has 0 atom stereocenters. The Morgan fingerprint density at radius 3 is 2.52 bits per heavy atom. The molecule has 0 aliphatic carbocycles. The number of hydrogen-bond acceptors (Lipinski definition) is 4. The average molecular weight is 320 g/mol. The zero-order chi connectivity index (χ0) is 15.6. The van der Waals surface area contributed by atoms with E-state index in [2.05, 4.69) is 15.5 Å². The van der Waals surface area contributed by atoms with Crippen molar-refractivity contribution >= 4 is 17.0 Å². The highest BCUT2D eigenvalue weighted by molar-refractivity contribution is 7.13. The van der Waals surface area contributed by atoms with Gasteiger partial charge in [-0.15, -0.1) is 11.1 Å². The minimum absolute atomic E-state index is 0.00595. The molecule has 2 rings (SSSR count). The SMILES string of the molecule is CC(C)[N-]c1ccc(F)cc1Oc1nnc(C(F)(F)F)s1. The van der Waals surface area contributed by atoms with E-state index in [9.17, 15) is 17.6 Å². The standard InChI is InChI=1S/C12H10F4N3OS/c1-6(2)17-8-4-3-7(13)5-9(8)20-11-19-18-10(21-11)12(14,15)16/h3-6H,1-2H3/q-1. The first-order valence-corrected chi connectivity index (χ1v) is 6.66. The number of hydrogen-bond donors (Lipinski definition) is 0. The molecule has 2 aromatic rings. The van der Waals surface area contributed by atoms with Crippen LogP contribution in [-0.2, 0) is 6.18 Å². The number of aromatic nitrogens is 2. The smallest absolute Gasteiger partial charge is 0.445 e. The van der Waals surface area contributed by atoms with Gasteiger partial charge in [-0.1, -0.05) is 42.0 Å². The van der Waals surface area contributed by atoms with E-state index in [4.69, 9.17) is 4.74 Å². The molecule has 0 spiro atoms. The van der Waals surface area contributed by atoms with Gasteiger partial charge >= 0.3 is 6.18 Å². The first-order valence-electron chi connectivity index (χ1n) is 5.84. The zero-order valence-electron chi connectivity index (χ0n) is 11.0. The Labute approximate surface area is 121 Å². The van der Waals surface area contributed by atoms with E-state index in [-0.39, 0.29) is 28.3 Å². The van der Waals surface area contributed by atoms with Gasteiger partial charge in [0.2, 0.25) is 5.01 Å². The molecule has 0 N–H and O–H groups in total. The molecule has 0 bridgehead atoms. The van der Waals surface area contributed by atoms with Crippen LogP contribution in [0.4, 0.5) is 23.2 Å². The molecule has 21 heavy (non-hydrogen) atoms. The van der Waals surface area contributed by atoms with Crippen LogP contribution in [0.15, 0.2) is 18.2 Å². The van der Waals surface area contributed by atoms with Crippen LogP contribution in [-0.4, -0.2) is 16.2 Å². The predicted octanol–water partition coefficient (Wildman–Crippen LogP) is 4.90. The van der Waals surface area contributed by atoms with Gasteiger partial charge in [-0.2, -0.15) is 13.2 Å². The quantitative estimate of drug-likeness (QED) is 0.753. The Bertz CT molecular complexity index is 627. The predicted molar refractivity (Wildman–Crippen MR) is 69.5 cm³/mol. The van der Waals surface area contributed by atoms with E-state index in [1.165, 1.54) is 12.1 Å². The Morgan fingerprint density at radius 1 is 1.24 bits per heavy atom. The maximum Gasteiger partial charge on any atom is 0.445 e. The third-order valence-corrected chi connectivity index (χ3v) is 3.01. The van der Waals surface area contributed by atoms with Crippen molar-refractivity contribution in [3.63, 3.8) is 0 Å². The van der Waals surface area contributed by atoms with Crippen LogP contribution in [0.2, 0.25) is 0 Å². The lowest BCUT2D eigenvalue weighted by Gasteiger charge is -2.28. The second-order valence-electron chi connectivity index (χ2n) is 4.31. The van der Waals surface area contributed by atoms with Crippen molar-refractivity contribution in [2.75, 3.05) is 0 Å². The van der Waals surface area contributed by atoms with Crippen LogP contribution in [0.3, 0.4) is 0 Å². The van der Waals surface area contributed by atoms with Gasteiger partial charge in [-0.25, -0.2) is 4.39 Å². The fourth-order valence-electron chi connectivity index (χ4n) is 1.41. The van der Waals surface area contributed by atoms with Gasteiger partial charge in [0.15, 0.2) is 0 Å². The van der Waals surface area contributed by atoms with Crippen LogP contribution >= 0.6 is 11.3 Å². The summed E-state index contributed by atoms with van der Waals surface area (Å²) in [5.74, 6) is -0.596. The van der Waals surface area contributed by atoms with Crippen molar-refractivity contribution in [3.8, 4) is 10.9 Å². The van der Waals surface area contributed by atoms with Gasteiger partial charge < -0.3 is 10.1 Å². The fourth-order valence-corrected chi connectivity index (χ4v) is 1.99. The molecule has 1 aromatic heterocycles. The maximum absolute atomic E-state index is 13.2. The molecule has 4 nitrogen and oxygen atoms in total. The Morgan fingerprint density at radius 2 is 1.95 bits per heavy atom. The van der Waals surface area contributed by atoms with Gasteiger partial charge in [0, 0.05) is 6.07 Å². The third kappa shape index (κ3) is 4.03. The topological polar surface area (TPSA) is 49.1 Å². The third-order valence-electron chi connectivity index (χ3n) is 2.17. The molecule has 0 radical (unpaired) electrons. The molecular formula is C12H10F4N3OS-. The molecule has 114 valence electrons. The summed E-state index contributed by atoms with van der Waals surface area (Å²) in [7, 11) is 0. The van der Waals surface area contributed by atoms with Crippen LogP contribution < -0.4 is 4.74 Å². The Hall–Kier alpha value is -1.90. The molecule has 0 unspecified atom stereocenters. The lowest BCUT2D eigenvalue weighted by atomic mass is 10.2. The summed E-state index contributed by atoms with van der Waals surface area (Å²) in [4.78, 5) is 0. The lowest BCUT2D eigenvalue weighted by Crippen LogP contribution is -2.03. The number of alkyl halides is 3. The molecule has 0 aliphatic heterocycles. The van der Waals surface area contributed by atoms with Crippen LogP contribution in [0.1, 0.15) is 18.9 Å². The van der Waals surface area contributed by atoms with Gasteiger partial charge in [0.1, 0.15) is 11.6 Å². The van der Waals surface area contributed by atoms with Gasteiger partial charge in [0.05, 0.1) is 0 Å². The van der Waals surface area contributed by atoms with Gasteiger partial charge in [0.25, 0.3) is 5.19 Å². The lowest BCUT2D eigenvalue weighted by molar-refractivity contribution is -0.138. The number of benzene rings is 1. The van der Waals surface area contributed by atoms with Crippen LogP contribution in [0.5, 0.6) is 10.9 Å². The monoisotopic (exact) mass is 320 g/mol. The molecular weight excluding hydrogens is 310 g/mol. The van der Waals surface area contributed by atoms with Crippen molar-refractivity contribution in [2.24, 2.45) is 0 Å². The van der Waals surface area contributed by atoms with Crippen molar-refractivity contribution in [1.82, 2.24) is 10.2 Å². The average Bonchev–Trinajstić information content (AvgIpc) is 2.80. The fraction of sp³-hybridized carbons (Fsp3) is 0.333. The van der Waals surface area contributed by atoms with E-state index in [1.54, 1.807) is 13.8 Å². The van der Waals surface area contributed by atoms with E-state index in [1.807, 2.05) is 0 Å². The highest BCUT2D eigenvalue weighted by atomic mass is 32.1. The summed E-state index contributed by atoms with van der Waals surface area (Å²) in [5, 5.41) is 9.02. The molecule has 1 heterocycles. The number of rotatable bonds is 4. The van der Waals surface area contributed by atoms with E-state index < -0.39 is 17.0 Å². The Kier molecular flexibility index (Phi) is 4.31. The van der Waals surface area contributed by atoms with Gasteiger partial charge in [-0.3, -0.25) is 0 Å². The minimum atomic E-state index is -4.59. The minimum Gasteiger partial charge on any atom is -0.679 e. The van der Waals surface area contributed by atoms with Crippen molar-refractivity contribution in [1.29, 1.82) is 0 Å². The molecule has 0 saturated carbocycles. The van der Waals surface area contributed by atoms with Crippen LogP contribution in [0, 0.1) is 5.82 Å². The highest BCUT2D eigenvalue weighted by Gasteiger charge is 2.36. The number of ether oxygens (including phenoxy) is 1. The maximum atomic E-state index is 13.2. The number of nitrogens with zero attached hydrogens (tertiary/aromatic N) is 3. The molecule has 0 aliphatic rings. The zero-order valence-corrected chi connectivity index (χ0v) is 11.8. The van der Waals surface area contributed by atoms with E-state index >= 15 is 0 Å². The van der Waals surface area contributed by atoms with Gasteiger partial charge in [-0.05, 0) is 6.07 Å². The molecule has 9 heteroatoms. The summed E-state index contributed by atoms with van der Waals surface area (Å²) in [6, 6.07) is 3.53. The first-order chi connectivity index (χ1) is 9.75. The number of halogens is 4. The summed E-state index contributed by atoms with van der Waals surface area (Å²) < 4.78 is 55.7. The van der Waals surface area contributed by atoms with Crippen molar-refractivity contribution in [2.45, 2.75) is 26.1 Å². The van der Waals surface area contributed by atoms with E-state index in [0.717, 1.165) is 6.07 Å². The second kappa shape index (κ2) is 5.84. The first kappa shape index (κ1) is 15.5. The second-order valence-corrected chi connectivity index (χ2v) is 5.25. The molecule has 0 fully saturated rings. The summed E-state index contributed by atoms with van der Waals surface area (Å²) in [6.45, 7) is 3.61. The summed E-state index contributed by atoms with van der Waals surface area (Å²) >= 11 is 0.235. The molecule has 1 aromatic carbocycles. The Balaban J connectivity index is 2.26. The molecule has 0 amide bonds. The van der Waals surface area contributed by atoms with Crippen LogP contribution in [0.25, 0.3) is 5.32 Å². The van der Waals surface area contributed by atoms with E-state index in [0.29, 0.717) is 5.69 Å².